The van der Waals surface area contributed by atoms with Gasteiger partial charge in [-0.3, -0.25) is 4.79 Å². The van der Waals surface area contributed by atoms with Crippen LogP contribution in [0.1, 0.15) is 29.9 Å². The molecule has 1 heterocycles. The van der Waals surface area contributed by atoms with Crippen LogP contribution in [0, 0.1) is 6.92 Å². The van der Waals surface area contributed by atoms with E-state index in [2.05, 4.69) is 31.2 Å². The van der Waals surface area contributed by atoms with Gasteiger partial charge < -0.3 is 4.90 Å². The summed E-state index contributed by atoms with van der Waals surface area (Å²) in [4.78, 5) is 14.0. The zero-order valence-corrected chi connectivity index (χ0v) is 12.0. The molecule has 2 nitrogen and oxygen atoms in total. The second-order valence-corrected chi connectivity index (χ2v) is 5.89. The number of amides is 1. The lowest BCUT2D eigenvalue weighted by Crippen LogP contribution is -2.40. The third-order valence-corrected chi connectivity index (χ3v) is 4.09. The van der Waals surface area contributed by atoms with Gasteiger partial charge >= 0.3 is 0 Å². The summed E-state index contributed by atoms with van der Waals surface area (Å²) < 4.78 is 0. The molecule has 1 unspecified atom stereocenters. The van der Waals surface area contributed by atoms with Gasteiger partial charge in [0, 0.05) is 19.0 Å². The van der Waals surface area contributed by atoms with Crippen molar-refractivity contribution in [2.45, 2.75) is 25.7 Å². The molecule has 1 aliphatic heterocycles. The monoisotopic (exact) mass is 263 g/mol. The maximum atomic E-state index is 11.9. The Kier molecular flexibility index (Phi) is 4.70. The van der Waals surface area contributed by atoms with Gasteiger partial charge in [0.25, 0.3) is 0 Å². The first kappa shape index (κ1) is 13.5. The van der Waals surface area contributed by atoms with E-state index in [0.717, 1.165) is 19.5 Å². The molecule has 0 aromatic heterocycles. The maximum Gasteiger partial charge on any atom is 0.232 e. The molecule has 0 aliphatic carbocycles. The summed E-state index contributed by atoms with van der Waals surface area (Å²) in [5.74, 6) is 1.42. The predicted octanol–water partition coefficient (Wildman–Crippen LogP) is 3.06. The Morgan fingerprint density at radius 2 is 2.33 bits per heavy atom. The Morgan fingerprint density at radius 1 is 1.50 bits per heavy atom. The molecule has 18 heavy (non-hydrogen) atoms. The standard InChI is InChI=1S/C15H21NOS/c1-12-5-3-6-13(9-12)14-7-4-8-16(10-14)15(17)11-18-2/h3,5-6,9,14H,4,7-8,10-11H2,1-2H3. The second kappa shape index (κ2) is 6.28. The molecular weight excluding hydrogens is 242 g/mol. The number of thioether (sulfide) groups is 1. The Morgan fingerprint density at radius 3 is 3.06 bits per heavy atom. The van der Waals surface area contributed by atoms with Gasteiger partial charge in [0.2, 0.25) is 5.91 Å². The number of carbonyl (C=O) groups excluding carboxylic acids is 1. The van der Waals surface area contributed by atoms with Crippen molar-refractivity contribution in [1.82, 2.24) is 4.90 Å². The lowest BCUT2D eigenvalue weighted by Gasteiger charge is -2.33. The van der Waals surface area contributed by atoms with Crippen LogP contribution in [-0.4, -0.2) is 35.9 Å². The Balaban J connectivity index is 2.04. The minimum atomic E-state index is 0.292. The van der Waals surface area contributed by atoms with E-state index in [-0.39, 0.29) is 0 Å². The maximum absolute atomic E-state index is 11.9. The van der Waals surface area contributed by atoms with Crippen LogP contribution in [0.5, 0.6) is 0 Å². The minimum Gasteiger partial charge on any atom is -0.341 e. The van der Waals surface area contributed by atoms with Crippen LogP contribution in [-0.2, 0) is 4.79 Å². The van der Waals surface area contributed by atoms with E-state index >= 15 is 0 Å². The van der Waals surface area contributed by atoms with Crippen molar-refractivity contribution >= 4 is 17.7 Å². The molecule has 2 rings (SSSR count). The number of carbonyl (C=O) groups is 1. The summed E-state index contributed by atoms with van der Waals surface area (Å²) in [6, 6.07) is 8.70. The van der Waals surface area contributed by atoms with Crippen LogP contribution in [0.2, 0.25) is 0 Å². The van der Waals surface area contributed by atoms with Crippen molar-refractivity contribution in [3.63, 3.8) is 0 Å². The largest absolute Gasteiger partial charge is 0.341 e. The first-order valence-corrected chi connectivity index (χ1v) is 7.93. The summed E-state index contributed by atoms with van der Waals surface area (Å²) in [6.07, 6.45) is 4.31. The number of benzene rings is 1. The zero-order valence-electron chi connectivity index (χ0n) is 11.2. The molecule has 1 saturated heterocycles. The van der Waals surface area contributed by atoms with E-state index in [1.807, 2.05) is 11.2 Å². The van der Waals surface area contributed by atoms with Crippen molar-refractivity contribution in [3.8, 4) is 0 Å². The highest BCUT2D eigenvalue weighted by Gasteiger charge is 2.24. The fraction of sp³-hybridized carbons (Fsp3) is 0.533. The van der Waals surface area contributed by atoms with Crippen LogP contribution in [0.25, 0.3) is 0 Å². The van der Waals surface area contributed by atoms with Crippen LogP contribution in [0.3, 0.4) is 0 Å². The third-order valence-electron chi connectivity index (χ3n) is 3.56. The fourth-order valence-corrected chi connectivity index (χ4v) is 3.04. The Hall–Kier alpha value is -0.960. The van der Waals surface area contributed by atoms with Crippen LogP contribution in [0.4, 0.5) is 0 Å². The normalized spacial score (nSPS) is 19.9. The molecule has 1 aromatic carbocycles. The topological polar surface area (TPSA) is 20.3 Å². The average molecular weight is 263 g/mol. The number of hydrogen-bond acceptors (Lipinski definition) is 2. The molecule has 3 heteroatoms. The van der Waals surface area contributed by atoms with Crippen molar-refractivity contribution in [3.05, 3.63) is 35.4 Å². The SMILES string of the molecule is CSCC(=O)N1CCCC(c2cccc(C)c2)C1. The highest BCUT2D eigenvalue weighted by atomic mass is 32.2. The van der Waals surface area contributed by atoms with Gasteiger partial charge in [-0.1, -0.05) is 29.8 Å². The minimum absolute atomic E-state index is 0.292. The second-order valence-electron chi connectivity index (χ2n) is 5.03. The third kappa shape index (κ3) is 3.29. The van der Waals surface area contributed by atoms with Gasteiger partial charge in [-0.25, -0.2) is 0 Å². The number of aryl methyl sites for hydroxylation is 1. The van der Waals surface area contributed by atoms with E-state index in [9.17, 15) is 4.79 Å². The van der Waals surface area contributed by atoms with E-state index in [1.54, 1.807) is 11.8 Å². The van der Waals surface area contributed by atoms with Crippen molar-refractivity contribution < 1.29 is 4.79 Å². The summed E-state index contributed by atoms with van der Waals surface area (Å²) in [5.41, 5.74) is 2.69. The lowest BCUT2D eigenvalue weighted by molar-refractivity contribution is -0.129. The number of nitrogens with zero attached hydrogens (tertiary/aromatic N) is 1. The Bertz CT molecular complexity index is 419. The highest BCUT2D eigenvalue weighted by Crippen LogP contribution is 2.27. The van der Waals surface area contributed by atoms with E-state index in [4.69, 9.17) is 0 Å². The summed E-state index contributed by atoms with van der Waals surface area (Å²) in [7, 11) is 0. The predicted molar refractivity (Wildman–Crippen MR) is 78.1 cm³/mol. The first-order chi connectivity index (χ1) is 8.70. The first-order valence-electron chi connectivity index (χ1n) is 6.54. The van der Waals surface area contributed by atoms with Gasteiger partial charge in [0.15, 0.2) is 0 Å². The number of rotatable bonds is 3. The molecular formula is C15H21NOS. The molecule has 0 N–H and O–H groups in total. The molecule has 1 aliphatic rings. The van der Waals surface area contributed by atoms with Gasteiger partial charge in [0.05, 0.1) is 5.75 Å². The fourth-order valence-electron chi connectivity index (χ4n) is 2.61. The van der Waals surface area contributed by atoms with E-state index in [0.29, 0.717) is 17.6 Å². The summed E-state index contributed by atoms with van der Waals surface area (Å²) in [6.45, 7) is 3.95. The number of hydrogen-bond donors (Lipinski definition) is 0. The molecule has 0 saturated carbocycles. The van der Waals surface area contributed by atoms with Gasteiger partial charge in [-0.2, -0.15) is 11.8 Å². The van der Waals surface area contributed by atoms with Crippen molar-refractivity contribution in [2.24, 2.45) is 0 Å². The smallest absolute Gasteiger partial charge is 0.232 e. The molecule has 1 amide bonds. The van der Waals surface area contributed by atoms with Gasteiger partial charge in [-0.15, -0.1) is 0 Å². The molecule has 98 valence electrons. The molecule has 1 aromatic rings. The number of likely N-dealkylation sites (tertiary alicyclic amines) is 1. The number of piperidine rings is 1. The zero-order chi connectivity index (χ0) is 13.0. The van der Waals surface area contributed by atoms with Crippen LogP contribution >= 0.6 is 11.8 Å². The van der Waals surface area contributed by atoms with Crippen molar-refractivity contribution in [2.75, 3.05) is 25.1 Å². The molecule has 0 spiro atoms. The lowest BCUT2D eigenvalue weighted by atomic mass is 9.90. The average Bonchev–Trinajstić information content (AvgIpc) is 2.39. The van der Waals surface area contributed by atoms with Crippen LogP contribution in [0.15, 0.2) is 24.3 Å². The summed E-state index contributed by atoms with van der Waals surface area (Å²) >= 11 is 1.61. The van der Waals surface area contributed by atoms with Gasteiger partial charge in [-0.05, 0) is 31.6 Å². The Labute approximate surface area is 114 Å². The van der Waals surface area contributed by atoms with E-state index in [1.165, 1.54) is 17.5 Å². The van der Waals surface area contributed by atoms with Crippen molar-refractivity contribution in [1.29, 1.82) is 0 Å². The molecule has 1 atom stereocenters. The van der Waals surface area contributed by atoms with Gasteiger partial charge in [0.1, 0.15) is 0 Å². The molecule has 0 bridgehead atoms. The molecule has 0 radical (unpaired) electrons. The quantitative estimate of drug-likeness (QED) is 0.835. The van der Waals surface area contributed by atoms with E-state index < -0.39 is 0 Å². The summed E-state index contributed by atoms with van der Waals surface area (Å²) in [5, 5.41) is 0. The highest BCUT2D eigenvalue weighted by molar-refractivity contribution is 7.99. The van der Waals surface area contributed by atoms with Crippen LogP contribution < -0.4 is 0 Å². The molecule has 1 fully saturated rings.